The maximum Gasteiger partial charge on any atom is 0.254 e. The van der Waals surface area contributed by atoms with Gasteiger partial charge in [-0.25, -0.2) is 0 Å². The second-order valence-corrected chi connectivity index (χ2v) is 16.4. The van der Waals surface area contributed by atoms with Crippen molar-refractivity contribution in [1.82, 2.24) is 9.80 Å². The van der Waals surface area contributed by atoms with Crippen molar-refractivity contribution in [3.63, 3.8) is 0 Å². The maximum atomic E-state index is 13.4. The monoisotopic (exact) mass is 723 g/mol. The van der Waals surface area contributed by atoms with Crippen LogP contribution < -0.4 is 9.64 Å². The molecule has 9 nitrogen and oxygen atoms in total. The summed E-state index contributed by atoms with van der Waals surface area (Å²) in [4.78, 5) is 20.8. The van der Waals surface area contributed by atoms with Gasteiger partial charge in [-0.05, 0) is 91.8 Å². The summed E-state index contributed by atoms with van der Waals surface area (Å²) in [5.41, 5.74) is 3.81. The summed E-state index contributed by atoms with van der Waals surface area (Å²) in [6.45, 7) is 11.8. The molecule has 2 aromatic carbocycles. The van der Waals surface area contributed by atoms with E-state index < -0.39 is 16.5 Å². The van der Waals surface area contributed by atoms with Crippen LogP contribution >= 0.6 is 11.6 Å². The van der Waals surface area contributed by atoms with Crippen molar-refractivity contribution in [3.8, 4) is 5.75 Å². The van der Waals surface area contributed by atoms with Crippen molar-refractivity contribution in [2.75, 3.05) is 76.3 Å². The summed E-state index contributed by atoms with van der Waals surface area (Å²) in [6.07, 6.45) is 10.3. The molecule has 0 spiro atoms. The molecule has 1 saturated carbocycles. The zero-order valence-electron chi connectivity index (χ0n) is 29.3. The number of piperazine rings is 1. The summed E-state index contributed by atoms with van der Waals surface area (Å²) < 4.78 is 35.7. The van der Waals surface area contributed by atoms with Crippen LogP contribution in [0.3, 0.4) is 0 Å². The molecule has 2 aromatic rings. The first-order valence-corrected chi connectivity index (χ1v) is 20.3. The zero-order chi connectivity index (χ0) is 34.5. The number of anilines is 1. The second-order valence-electron chi connectivity index (χ2n) is 14.8. The Morgan fingerprint density at radius 2 is 1.90 bits per heavy atom. The molecule has 272 valence electrons. The molecule has 0 aromatic heterocycles. The molecule has 2 bridgehead atoms. The topological polar surface area (TPSA) is 83.9 Å². The first kappa shape index (κ1) is 35.9. The Labute approximate surface area is 304 Å². The van der Waals surface area contributed by atoms with E-state index in [1.807, 2.05) is 18.2 Å². The highest BCUT2D eigenvalue weighted by Crippen LogP contribution is 2.42. The molecular formula is C39H52ClN4O5S-. The molecule has 4 aliphatic heterocycles. The van der Waals surface area contributed by atoms with E-state index in [1.165, 1.54) is 11.1 Å². The Morgan fingerprint density at radius 3 is 2.68 bits per heavy atom. The van der Waals surface area contributed by atoms with Crippen LogP contribution in [-0.2, 0) is 37.2 Å². The number of hydrogen-bond donors (Lipinski definition) is 0. The van der Waals surface area contributed by atoms with Gasteiger partial charge in [-0.15, -0.1) is 0 Å². The van der Waals surface area contributed by atoms with Crippen LogP contribution in [0.4, 0.5) is 5.69 Å². The van der Waals surface area contributed by atoms with E-state index in [0.717, 1.165) is 107 Å². The Kier molecular flexibility index (Phi) is 12.1. The summed E-state index contributed by atoms with van der Waals surface area (Å²) in [6, 6.07) is 12.4. The van der Waals surface area contributed by atoms with E-state index in [2.05, 4.69) is 50.3 Å². The molecule has 4 atom stereocenters. The van der Waals surface area contributed by atoms with Gasteiger partial charge < -0.3 is 27.7 Å². The normalized spacial score (nSPS) is 28.5. The van der Waals surface area contributed by atoms with Gasteiger partial charge in [0.05, 0.1) is 44.3 Å². The highest BCUT2D eigenvalue weighted by molar-refractivity contribution is 7.75. The highest BCUT2D eigenvalue weighted by atomic mass is 35.5. The van der Waals surface area contributed by atoms with Gasteiger partial charge in [-0.1, -0.05) is 48.4 Å². The van der Waals surface area contributed by atoms with Crippen LogP contribution in [0.1, 0.15) is 60.5 Å². The quantitative estimate of drug-likeness (QED) is 0.260. The molecule has 11 heteroatoms. The van der Waals surface area contributed by atoms with Gasteiger partial charge in [-0.3, -0.25) is 14.6 Å². The highest BCUT2D eigenvalue weighted by Gasteiger charge is 2.38. The number of carbonyl (C=O) groups is 1. The predicted molar refractivity (Wildman–Crippen MR) is 199 cm³/mol. The second kappa shape index (κ2) is 16.9. The minimum atomic E-state index is -1.61. The van der Waals surface area contributed by atoms with E-state index in [9.17, 15) is 9.00 Å². The molecule has 3 fully saturated rings. The first-order valence-electron chi connectivity index (χ1n) is 18.7. The largest absolute Gasteiger partial charge is 0.491 e. The summed E-state index contributed by atoms with van der Waals surface area (Å²) in [5, 5.41) is 0.751. The Balaban J connectivity index is 1.15. The van der Waals surface area contributed by atoms with Crippen molar-refractivity contribution < 1.29 is 23.2 Å². The van der Waals surface area contributed by atoms with E-state index in [1.54, 1.807) is 6.07 Å². The minimum Gasteiger partial charge on any atom is -0.491 e. The molecular weight excluding hydrogens is 672 g/mol. The number of aryl methyl sites for hydroxylation is 1. The van der Waals surface area contributed by atoms with Crippen molar-refractivity contribution in [1.29, 1.82) is 0 Å². The molecule has 7 rings (SSSR count). The third kappa shape index (κ3) is 8.93. The zero-order valence-corrected chi connectivity index (χ0v) is 30.9. The lowest BCUT2D eigenvalue weighted by Crippen LogP contribution is -2.56. The lowest BCUT2D eigenvalue weighted by molar-refractivity contribution is -0.0797. The Bertz CT molecular complexity index is 1600. The third-order valence-electron chi connectivity index (χ3n) is 11.3. The maximum absolute atomic E-state index is 13.4. The van der Waals surface area contributed by atoms with Gasteiger partial charge in [0.1, 0.15) is 5.75 Å². The lowest BCUT2D eigenvalue weighted by atomic mass is 9.70. The van der Waals surface area contributed by atoms with Crippen LogP contribution in [0.2, 0.25) is 5.02 Å². The van der Waals surface area contributed by atoms with Crippen molar-refractivity contribution in [2.45, 2.75) is 64.1 Å². The number of rotatable bonds is 5. The number of halogens is 1. The number of hydrogen-bond acceptors (Lipinski definition) is 9. The van der Waals surface area contributed by atoms with Crippen LogP contribution in [0.25, 0.3) is 0 Å². The standard InChI is InChI=1S/C39H52ClN4O5S/c1-28-5-4-7-37(49-20-18-42-14-16-43(17-15-42)34-25-47-26-34)35-12-9-32(35)24-44-23-31-8-11-33(40)21-29(31)6-2-3-19-48-38-13-10-30(22-36(38)44)39(45)41-50(46)27-28/h4,7-8,10-11,13,21-22,28,32,34-35,37H,2-3,5-6,9,12,14-20,23-27H2,1H3/q-1/b7-4+/t28-,32-,35+,37-/m0/s1. The van der Waals surface area contributed by atoms with Gasteiger partial charge in [-0.2, -0.15) is 10.6 Å². The molecule has 0 unspecified atom stereocenters. The third-order valence-corrected chi connectivity index (χ3v) is 12.7. The number of amides is 1. The average Bonchev–Trinajstić information content (AvgIpc) is 3.09. The van der Waals surface area contributed by atoms with E-state index in [4.69, 9.17) is 25.8 Å². The first-order chi connectivity index (χ1) is 24.4. The Morgan fingerprint density at radius 1 is 1.04 bits per heavy atom. The van der Waals surface area contributed by atoms with Gasteiger partial charge in [0.25, 0.3) is 5.91 Å². The number of fused-ring (bicyclic) bond motifs is 3. The van der Waals surface area contributed by atoms with E-state index in [0.29, 0.717) is 49.0 Å². The number of ether oxygens (including phenoxy) is 3. The summed E-state index contributed by atoms with van der Waals surface area (Å²) in [7, 11) is -1.61. The molecule has 1 aliphatic carbocycles. The Hall–Kier alpha value is -2.47. The van der Waals surface area contributed by atoms with Crippen LogP contribution in [0, 0.1) is 17.8 Å². The number of benzene rings is 2. The predicted octanol–water partition coefficient (Wildman–Crippen LogP) is 6.37. The average molecular weight is 724 g/mol. The van der Waals surface area contributed by atoms with Gasteiger partial charge >= 0.3 is 0 Å². The summed E-state index contributed by atoms with van der Waals surface area (Å²) >= 11 is 6.49. The molecule has 0 radical (unpaired) electrons. The fourth-order valence-electron chi connectivity index (χ4n) is 7.96. The summed E-state index contributed by atoms with van der Waals surface area (Å²) in [5.74, 6) is 1.57. The molecule has 4 heterocycles. The van der Waals surface area contributed by atoms with Crippen LogP contribution in [0.15, 0.2) is 52.9 Å². The SMILES string of the molecule is C[C@H]1C/C=C/[C@H](OCCN2CCN(C3COC3)CC2)[C@@H]2CC[C@H]2CN2Cc3ccc(Cl)cc3CCCCOc3ccc(cc32)C(=O)N=[S-](=O)C1. The van der Waals surface area contributed by atoms with Crippen LogP contribution in [0.5, 0.6) is 5.75 Å². The molecule has 0 N–H and O–H groups in total. The fourth-order valence-corrected chi connectivity index (χ4v) is 9.14. The number of nitrogens with zero attached hydrogens (tertiary/aromatic N) is 4. The van der Waals surface area contributed by atoms with Crippen molar-refractivity contribution >= 4 is 33.8 Å². The number of allylic oxidation sites excluding steroid dienone is 1. The molecule has 5 aliphatic rings. The van der Waals surface area contributed by atoms with Gasteiger partial charge in [0.15, 0.2) is 0 Å². The van der Waals surface area contributed by atoms with Gasteiger partial charge in [0.2, 0.25) is 0 Å². The van der Waals surface area contributed by atoms with Crippen molar-refractivity contribution in [3.05, 3.63) is 70.3 Å². The van der Waals surface area contributed by atoms with E-state index in [-0.39, 0.29) is 12.0 Å². The van der Waals surface area contributed by atoms with Gasteiger partial charge in [0, 0.05) is 56.4 Å². The fraction of sp³-hybridized carbons (Fsp3) is 0.615. The van der Waals surface area contributed by atoms with E-state index >= 15 is 0 Å². The van der Waals surface area contributed by atoms with Crippen molar-refractivity contribution in [2.24, 2.45) is 22.1 Å². The lowest BCUT2D eigenvalue weighted by Gasteiger charge is -2.44. The van der Waals surface area contributed by atoms with Crippen LogP contribution in [-0.4, -0.2) is 99.3 Å². The molecule has 1 amide bonds. The molecule has 2 saturated heterocycles. The number of carbonyl (C=O) groups excluding carboxylic acids is 1. The smallest absolute Gasteiger partial charge is 0.254 e. The molecule has 50 heavy (non-hydrogen) atoms. The minimum absolute atomic E-state index is 0.0103.